The Hall–Kier alpha value is -0.870. The molecule has 0 N–H and O–H groups in total. The highest BCUT2D eigenvalue weighted by Crippen LogP contribution is 2.35. The number of hydrogen-bond donors (Lipinski definition) is 0. The zero-order valence-electron chi connectivity index (χ0n) is 11.1. The molecule has 4 heteroatoms. The number of fused-ring (bicyclic) bond motifs is 1. The average molecular weight is 324 g/mol. The summed E-state index contributed by atoms with van der Waals surface area (Å²) in [5.41, 5.74) is 0.197. The summed E-state index contributed by atoms with van der Waals surface area (Å²) in [4.78, 5) is 15.1. The van der Waals surface area contributed by atoms with Gasteiger partial charge < -0.3 is 4.74 Å². The Kier molecular flexibility index (Phi) is 3.39. The third-order valence-corrected chi connectivity index (χ3v) is 4.73. The molecule has 0 spiro atoms. The molecule has 3 rings (SSSR count). The van der Waals surface area contributed by atoms with Crippen molar-refractivity contribution < 1.29 is 9.53 Å². The van der Waals surface area contributed by atoms with Crippen LogP contribution in [0.5, 0.6) is 5.75 Å². The number of likely N-dealkylation sites (tertiary alicyclic amines) is 1. The fraction of sp³-hybridized carbons (Fsp3) is 0.533. The monoisotopic (exact) mass is 323 g/mol. The molecule has 1 saturated heterocycles. The van der Waals surface area contributed by atoms with Crippen molar-refractivity contribution in [1.82, 2.24) is 4.90 Å². The number of carbonyl (C=O) groups excluding carboxylic acids is 1. The molecular formula is C15H18BrNO2. The number of nitrogens with zero attached hydrogens (tertiary/aromatic N) is 1. The van der Waals surface area contributed by atoms with Gasteiger partial charge in [0, 0.05) is 4.47 Å². The minimum atomic E-state index is -0.506. The van der Waals surface area contributed by atoms with Gasteiger partial charge in [0.05, 0.1) is 5.56 Å². The standard InChI is InChI=1S/C15H18BrNO2/c1-15(17-7-3-2-4-8-17)10-19-13-6-5-11(16)9-12(13)14(15)18/h5-6,9H,2-4,7-8,10H2,1H3/t15-/m1/s1. The molecule has 2 heterocycles. The van der Waals surface area contributed by atoms with Crippen molar-refractivity contribution >= 4 is 21.7 Å². The van der Waals surface area contributed by atoms with Gasteiger partial charge in [0.2, 0.25) is 0 Å². The summed E-state index contributed by atoms with van der Waals surface area (Å²) in [6, 6.07) is 5.65. The summed E-state index contributed by atoms with van der Waals surface area (Å²) in [7, 11) is 0. The molecule has 102 valence electrons. The summed E-state index contributed by atoms with van der Waals surface area (Å²) in [6.07, 6.45) is 3.62. The van der Waals surface area contributed by atoms with E-state index in [1.54, 1.807) is 0 Å². The number of piperidine rings is 1. The fourth-order valence-electron chi connectivity index (χ4n) is 3.00. The van der Waals surface area contributed by atoms with Gasteiger partial charge in [0.1, 0.15) is 17.9 Å². The molecule has 1 aromatic carbocycles. The third-order valence-electron chi connectivity index (χ3n) is 4.24. The Labute approximate surface area is 122 Å². The van der Waals surface area contributed by atoms with E-state index in [2.05, 4.69) is 20.8 Å². The quantitative estimate of drug-likeness (QED) is 0.794. The molecule has 0 amide bonds. The lowest BCUT2D eigenvalue weighted by Crippen LogP contribution is -2.59. The van der Waals surface area contributed by atoms with Crippen LogP contribution in [0, 0.1) is 0 Å². The van der Waals surface area contributed by atoms with Crippen molar-refractivity contribution in [3.8, 4) is 5.75 Å². The van der Waals surface area contributed by atoms with Gasteiger partial charge in [0.25, 0.3) is 0 Å². The van der Waals surface area contributed by atoms with E-state index in [0.717, 1.165) is 17.6 Å². The van der Waals surface area contributed by atoms with Crippen molar-refractivity contribution in [2.45, 2.75) is 31.7 Å². The van der Waals surface area contributed by atoms with E-state index < -0.39 is 5.54 Å². The molecule has 19 heavy (non-hydrogen) atoms. The molecule has 2 aliphatic rings. The summed E-state index contributed by atoms with van der Waals surface area (Å²) >= 11 is 3.43. The summed E-state index contributed by atoms with van der Waals surface area (Å²) in [5.74, 6) is 0.902. The number of Topliss-reactive ketones (excluding diaryl/α,β-unsaturated/α-hetero) is 1. The number of rotatable bonds is 1. The Morgan fingerprint density at radius 1 is 1.26 bits per heavy atom. The van der Waals surface area contributed by atoms with Crippen LogP contribution in [-0.2, 0) is 0 Å². The molecule has 0 bridgehead atoms. The van der Waals surface area contributed by atoms with E-state index in [4.69, 9.17) is 4.74 Å². The van der Waals surface area contributed by atoms with Crippen molar-refractivity contribution in [3.05, 3.63) is 28.2 Å². The zero-order chi connectivity index (χ0) is 13.5. The molecule has 1 aromatic rings. The maximum atomic E-state index is 12.8. The Morgan fingerprint density at radius 2 is 2.00 bits per heavy atom. The van der Waals surface area contributed by atoms with E-state index >= 15 is 0 Å². The van der Waals surface area contributed by atoms with Crippen LogP contribution in [0.1, 0.15) is 36.5 Å². The minimum absolute atomic E-state index is 0.192. The van der Waals surface area contributed by atoms with Gasteiger partial charge in [0.15, 0.2) is 5.78 Å². The lowest BCUT2D eigenvalue weighted by Gasteiger charge is -2.44. The largest absolute Gasteiger partial charge is 0.490 e. The molecular weight excluding hydrogens is 306 g/mol. The van der Waals surface area contributed by atoms with Gasteiger partial charge in [-0.3, -0.25) is 9.69 Å². The minimum Gasteiger partial charge on any atom is -0.490 e. The van der Waals surface area contributed by atoms with E-state index in [0.29, 0.717) is 17.9 Å². The van der Waals surface area contributed by atoms with Gasteiger partial charge in [-0.25, -0.2) is 0 Å². The highest BCUT2D eigenvalue weighted by atomic mass is 79.9. The van der Waals surface area contributed by atoms with Crippen LogP contribution < -0.4 is 4.74 Å². The predicted molar refractivity (Wildman–Crippen MR) is 77.8 cm³/mol. The molecule has 1 fully saturated rings. The Bertz CT molecular complexity index is 511. The van der Waals surface area contributed by atoms with Crippen molar-refractivity contribution in [3.63, 3.8) is 0 Å². The SMILES string of the molecule is C[C@@]1(N2CCCCC2)COc2ccc(Br)cc2C1=O. The van der Waals surface area contributed by atoms with Crippen LogP contribution in [0.4, 0.5) is 0 Å². The van der Waals surface area contributed by atoms with Crippen molar-refractivity contribution in [2.24, 2.45) is 0 Å². The van der Waals surface area contributed by atoms with Gasteiger partial charge in [-0.2, -0.15) is 0 Å². The summed E-state index contributed by atoms with van der Waals surface area (Å²) in [5, 5.41) is 0. The van der Waals surface area contributed by atoms with Gasteiger partial charge in [-0.15, -0.1) is 0 Å². The molecule has 2 aliphatic heterocycles. The number of ether oxygens (including phenoxy) is 1. The maximum absolute atomic E-state index is 12.8. The number of benzene rings is 1. The first-order valence-corrected chi connectivity index (χ1v) is 7.63. The topological polar surface area (TPSA) is 29.5 Å². The third kappa shape index (κ3) is 2.21. The molecule has 0 saturated carbocycles. The lowest BCUT2D eigenvalue weighted by atomic mass is 9.86. The second-order valence-corrected chi connectivity index (χ2v) is 6.50. The van der Waals surface area contributed by atoms with Crippen LogP contribution in [0.15, 0.2) is 22.7 Å². The van der Waals surface area contributed by atoms with E-state index in [1.165, 1.54) is 19.3 Å². The van der Waals surface area contributed by atoms with Crippen molar-refractivity contribution in [2.75, 3.05) is 19.7 Å². The normalized spacial score (nSPS) is 27.8. The lowest BCUT2D eigenvalue weighted by molar-refractivity contribution is 0.0251. The van der Waals surface area contributed by atoms with Crippen LogP contribution in [0.3, 0.4) is 0 Å². The number of carbonyl (C=O) groups is 1. The average Bonchev–Trinajstić information content (AvgIpc) is 2.45. The number of ketones is 1. The van der Waals surface area contributed by atoms with E-state index in [9.17, 15) is 4.79 Å². The van der Waals surface area contributed by atoms with Gasteiger partial charge >= 0.3 is 0 Å². The molecule has 3 nitrogen and oxygen atoms in total. The first-order chi connectivity index (χ1) is 9.11. The first-order valence-electron chi connectivity index (χ1n) is 6.83. The van der Waals surface area contributed by atoms with E-state index in [1.807, 2.05) is 25.1 Å². The summed E-state index contributed by atoms with van der Waals surface area (Å²) in [6.45, 7) is 4.47. The second kappa shape index (κ2) is 4.91. The van der Waals surface area contributed by atoms with Crippen LogP contribution in [0.25, 0.3) is 0 Å². The molecule has 0 unspecified atom stereocenters. The number of hydrogen-bond acceptors (Lipinski definition) is 3. The van der Waals surface area contributed by atoms with E-state index in [-0.39, 0.29) is 5.78 Å². The molecule has 0 aromatic heterocycles. The smallest absolute Gasteiger partial charge is 0.190 e. The maximum Gasteiger partial charge on any atom is 0.190 e. The molecule has 1 atom stereocenters. The molecule has 0 radical (unpaired) electrons. The molecule has 0 aliphatic carbocycles. The Balaban J connectivity index is 1.95. The highest BCUT2D eigenvalue weighted by Gasteiger charge is 2.44. The van der Waals surface area contributed by atoms with Crippen LogP contribution in [0.2, 0.25) is 0 Å². The Morgan fingerprint density at radius 3 is 2.74 bits per heavy atom. The zero-order valence-corrected chi connectivity index (χ0v) is 12.7. The highest BCUT2D eigenvalue weighted by molar-refractivity contribution is 9.10. The second-order valence-electron chi connectivity index (χ2n) is 5.58. The number of halogens is 1. The predicted octanol–water partition coefficient (Wildman–Crippen LogP) is 3.27. The van der Waals surface area contributed by atoms with Gasteiger partial charge in [-0.05, 0) is 51.1 Å². The van der Waals surface area contributed by atoms with Gasteiger partial charge in [-0.1, -0.05) is 22.4 Å². The van der Waals surface area contributed by atoms with Crippen LogP contribution in [-0.4, -0.2) is 35.9 Å². The van der Waals surface area contributed by atoms with Crippen LogP contribution >= 0.6 is 15.9 Å². The fourth-order valence-corrected chi connectivity index (χ4v) is 3.36. The van der Waals surface area contributed by atoms with Crippen molar-refractivity contribution in [1.29, 1.82) is 0 Å². The first kappa shape index (κ1) is 13.1. The summed E-state index contributed by atoms with van der Waals surface area (Å²) < 4.78 is 6.76.